The van der Waals surface area contributed by atoms with E-state index >= 15 is 0 Å². The van der Waals surface area contributed by atoms with E-state index in [1.54, 1.807) is 11.4 Å². The zero-order chi connectivity index (χ0) is 14.0. The second kappa shape index (κ2) is 4.79. The molecule has 0 bridgehead atoms. The minimum atomic E-state index is -4.94. The van der Waals surface area contributed by atoms with Crippen molar-refractivity contribution < 1.29 is 22.8 Å². The molecule has 1 fully saturated rings. The molecule has 0 aromatic heterocycles. The lowest BCUT2D eigenvalue weighted by molar-refractivity contribution is -0.167. The summed E-state index contributed by atoms with van der Waals surface area (Å²) in [6, 6.07) is 5.36. The van der Waals surface area contributed by atoms with Crippen molar-refractivity contribution >= 4 is 23.3 Å². The van der Waals surface area contributed by atoms with Crippen molar-refractivity contribution in [2.24, 2.45) is 0 Å². The van der Waals surface area contributed by atoms with E-state index in [0.29, 0.717) is 18.8 Å². The third kappa shape index (κ3) is 2.95. The van der Waals surface area contributed by atoms with Gasteiger partial charge in [-0.2, -0.15) is 13.2 Å². The van der Waals surface area contributed by atoms with Gasteiger partial charge in [-0.05, 0) is 18.2 Å². The fourth-order valence-electron chi connectivity index (χ4n) is 1.67. The highest BCUT2D eigenvalue weighted by molar-refractivity contribution is 5.97. The van der Waals surface area contributed by atoms with Crippen LogP contribution in [0.3, 0.4) is 0 Å². The molecular formula is C11H10F3N3O2. The number of hydrogen-bond donors (Lipinski definition) is 2. The molecule has 0 radical (unpaired) electrons. The van der Waals surface area contributed by atoms with Crippen LogP contribution in [0, 0.1) is 0 Å². The molecular weight excluding hydrogens is 263 g/mol. The molecule has 0 aliphatic carbocycles. The Labute approximate surface area is 106 Å². The summed E-state index contributed by atoms with van der Waals surface area (Å²) >= 11 is 0. The monoisotopic (exact) mass is 273 g/mol. The van der Waals surface area contributed by atoms with Crippen molar-refractivity contribution in [2.45, 2.75) is 6.18 Å². The lowest BCUT2D eigenvalue weighted by Gasteiger charge is -2.15. The number of carbonyl (C=O) groups is 2. The number of carbonyl (C=O) groups excluding carboxylic acids is 2. The maximum absolute atomic E-state index is 12.1. The Morgan fingerprint density at radius 2 is 2.11 bits per heavy atom. The number of anilines is 2. The van der Waals surface area contributed by atoms with Crippen molar-refractivity contribution in [3.05, 3.63) is 24.3 Å². The third-order valence-corrected chi connectivity index (χ3v) is 2.53. The number of urea groups is 1. The van der Waals surface area contributed by atoms with Gasteiger partial charge >= 0.3 is 18.1 Å². The van der Waals surface area contributed by atoms with Crippen LogP contribution < -0.4 is 15.5 Å². The average Bonchev–Trinajstić information content (AvgIpc) is 2.74. The van der Waals surface area contributed by atoms with E-state index < -0.39 is 12.1 Å². The molecule has 0 spiro atoms. The highest BCUT2D eigenvalue weighted by Gasteiger charge is 2.38. The van der Waals surface area contributed by atoms with Gasteiger partial charge in [0.25, 0.3) is 0 Å². The van der Waals surface area contributed by atoms with Crippen LogP contribution in [0.1, 0.15) is 0 Å². The molecule has 1 saturated heterocycles. The largest absolute Gasteiger partial charge is 0.471 e. The Morgan fingerprint density at radius 3 is 2.68 bits per heavy atom. The predicted octanol–water partition coefficient (Wildman–Crippen LogP) is 1.72. The second-order valence-corrected chi connectivity index (χ2v) is 3.89. The molecule has 5 nitrogen and oxygen atoms in total. The third-order valence-electron chi connectivity index (χ3n) is 2.53. The maximum atomic E-state index is 12.1. The Kier molecular flexibility index (Phi) is 3.32. The molecule has 19 heavy (non-hydrogen) atoms. The van der Waals surface area contributed by atoms with Crippen LogP contribution in [0.4, 0.5) is 29.3 Å². The van der Waals surface area contributed by atoms with E-state index in [2.05, 4.69) is 5.32 Å². The van der Waals surface area contributed by atoms with Crippen LogP contribution in [-0.2, 0) is 4.79 Å². The van der Waals surface area contributed by atoms with Crippen molar-refractivity contribution in [1.29, 1.82) is 0 Å². The Hall–Kier alpha value is -2.25. The van der Waals surface area contributed by atoms with Crippen molar-refractivity contribution in [1.82, 2.24) is 5.32 Å². The standard InChI is InChI=1S/C11H10F3N3O2/c12-11(13,14)9(18)16-7-2-1-3-8(6-7)17-5-4-15-10(17)19/h1-3,6H,4-5H2,(H,15,19)(H,16,18). The maximum Gasteiger partial charge on any atom is 0.471 e. The van der Waals surface area contributed by atoms with Gasteiger partial charge in [0.2, 0.25) is 0 Å². The Morgan fingerprint density at radius 1 is 1.37 bits per heavy atom. The average molecular weight is 273 g/mol. The minimum Gasteiger partial charge on any atom is -0.336 e. The quantitative estimate of drug-likeness (QED) is 0.861. The molecule has 0 unspecified atom stereocenters. The van der Waals surface area contributed by atoms with Gasteiger partial charge in [-0.1, -0.05) is 6.07 Å². The number of nitrogens with zero attached hydrogens (tertiary/aromatic N) is 1. The van der Waals surface area contributed by atoms with Gasteiger partial charge in [-0.3, -0.25) is 9.69 Å². The predicted molar refractivity (Wildman–Crippen MR) is 61.9 cm³/mol. The van der Waals surface area contributed by atoms with Crippen LogP contribution in [0.15, 0.2) is 24.3 Å². The highest BCUT2D eigenvalue weighted by atomic mass is 19.4. The first-order valence-corrected chi connectivity index (χ1v) is 5.41. The number of hydrogen-bond acceptors (Lipinski definition) is 2. The fourth-order valence-corrected chi connectivity index (χ4v) is 1.67. The van der Waals surface area contributed by atoms with E-state index in [9.17, 15) is 22.8 Å². The smallest absolute Gasteiger partial charge is 0.336 e. The summed E-state index contributed by atoms with van der Waals surface area (Å²) in [7, 11) is 0. The molecule has 3 amide bonds. The highest BCUT2D eigenvalue weighted by Crippen LogP contribution is 2.23. The first kappa shape index (κ1) is 13.2. The Balaban J connectivity index is 2.16. The number of amides is 3. The topological polar surface area (TPSA) is 61.4 Å². The summed E-state index contributed by atoms with van der Waals surface area (Å²) in [5, 5.41) is 4.31. The van der Waals surface area contributed by atoms with E-state index in [1.807, 2.05) is 0 Å². The summed E-state index contributed by atoms with van der Waals surface area (Å²) in [5.41, 5.74) is 0.412. The zero-order valence-electron chi connectivity index (χ0n) is 9.62. The number of nitrogens with one attached hydrogen (secondary N) is 2. The number of halogens is 3. The number of benzene rings is 1. The van der Waals surface area contributed by atoms with Crippen molar-refractivity contribution in [3.8, 4) is 0 Å². The summed E-state index contributed by atoms with van der Waals surface area (Å²) < 4.78 is 36.3. The number of alkyl halides is 3. The summed E-state index contributed by atoms with van der Waals surface area (Å²) in [6.07, 6.45) is -4.94. The molecule has 0 atom stereocenters. The van der Waals surface area contributed by atoms with Crippen LogP contribution >= 0.6 is 0 Å². The minimum absolute atomic E-state index is 0.0143. The van der Waals surface area contributed by atoms with Gasteiger partial charge in [-0.25, -0.2) is 4.79 Å². The fraction of sp³-hybridized carbons (Fsp3) is 0.273. The van der Waals surface area contributed by atoms with E-state index in [0.717, 1.165) is 0 Å². The van der Waals surface area contributed by atoms with Gasteiger partial charge in [0, 0.05) is 24.5 Å². The van der Waals surface area contributed by atoms with Gasteiger partial charge < -0.3 is 10.6 Å². The molecule has 1 aliphatic heterocycles. The zero-order valence-corrected chi connectivity index (χ0v) is 9.62. The van der Waals surface area contributed by atoms with Crippen LogP contribution in [0.25, 0.3) is 0 Å². The first-order valence-electron chi connectivity index (χ1n) is 5.41. The molecule has 2 N–H and O–H groups in total. The van der Waals surface area contributed by atoms with Crippen LogP contribution in [0.2, 0.25) is 0 Å². The van der Waals surface area contributed by atoms with Gasteiger partial charge in [-0.15, -0.1) is 0 Å². The SMILES string of the molecule is O=C1NCCN1c1cccc(NC(=O)C(F)(F)F)c1. The molecule has 1 aromatic rings. The van der Waals surface area contributed by atoms with Gasteiger partial charge in [0.05, 0.1) is 0 Å². The number of rotatable bonds is 2. The lowest BCUT2D eigenvalue weighted by atomic mass is 10.2. The van der Waals surface area contributed by atoms with E-state index in [-0.39, 0.29) is 11.7 Å². The molecule has 0 saturated carbocycles. The van der Waals surface area contributed by atoms with Gasteiger partial charge in [0.1, 0.15) is 0 Å². The molecule has 1 aromatic carbocycles. The van der Waals surface area contributed by atoms with Crippen LogP contribution in [0.5, 0.6) is 0 Å². The first-order chi connectivity index (χ1) is 8.88. The van der Waals surface area contributed by atoms with E-state index in [4.69, 9.17) is 0 Å². The molecule has 1 aliphatic rings. The summed E-state index contributed by atoms with van der Waals surface area (Å²) in [4.78, 5) is 23.6. The van der Waals surface area contributed by atoms with Crippen molar-refractivity contribution in [3.63, 3.8) is 0 Å². The lowest BCUT2D eigenvalue weighted by Crippen LogP contribution is -2.30. The van der Waals surface area contributed by atoms with Crippen LogP contribution in [-0.4, -0.2) is 31.2 Å². The summed E-state index contributed by atoms with van der Waals surface area (Å²) in [5.74, 6) is -2.05. The van der Waals surface area contributed by atoms with Crippen molar-refractivity contribution in [2.75, 3.05) is 23.3 Å². The van der Waals surface area contributed by atoms with Gasteiger partial charge in [0.15, 0.2) is 0 Å². The molecule has 102 valence electrons. The molecule has 1 heterocycles. The van der Waals surface area contributed by atoms with E-state index in [1.165, 1.54) is 23.1 Å². The normalized spacial score (nSPS) is 15.3. The second-order valence-electron chi connectivity index (χ2n) is 3.89. The molecule has 2 rings (SSSR count). The summed E-state index contributed by atoms with van der Waals surface area (Å²) in [6.45, 7) is 0.896. The molecule has 8 heteroatoms. The Bertz CT molecular complexity index is 516.